The minimum atomic E-state index is -1.04. The Kier molecular flexibility index (Phi) is 5.34. The zero-order valence-corrected chi connectivity index (χ0v) is 17.5. The monoisotopic (exact) mass is 394 g/mol. The molecule has 5 nitrogen and oxygen atoms in total. The number of aliphatic hydroxyl groups is 1. The van der Waals surface area contributed by atoms with Gasteiger partial charge in [0.25, 0.3) is 5.91 Å². The number of hydrogen-bond acceptors (Lipinski definition) is 4. The Morgan fingerprint density at radius 3 is 2.62 bits per heavy atom. The zero-order valence-electron chi connectivity index (χ0n) is 17.5. The second-order valence-electron chi connectivity index (χ2n) is 8.90. The van der Waals surface area contributed by atoms with Crippen LogP contribution in [0.5, 0.6) is 5.88 Å². The van der Waals surface area contributed by atoms with E-state index in [9.17, 15) is 9.90 Å². The van der Waals surface area contributed by atoms with E-state index in [2.05, 4.69) is 18.0 Å². The Labute approximate surface area is 172 Å². The first-order valence-electron chi connectivity index (χ1n) is 10.6. The molecule has 1 aliphatic heterocycles. The maximum absolute atomic E-state index is 13.4. The lowest BCUT2D eigenvalue weighted by atomic mass is 9.97. The fourth-order valence-electron chi connectivity index (χ4n) is 4.16. The number of hydrogen-bond donors (Lipinski definition) is 1. The van der Waals surface area contributed by atoms with Crippen LogP contribution in [0, 0.1) is 0 Å². The lowest BCUT2D eigenvalue weighted by Gasteiger charge is -2.38. The molecule has 0 unspecified atom stereocenters. The van der Waals surface area contributed by atoms with Crippen LogP contribution in [-0.2, 0) is 5.60 Å². The van der Waals surface area contributed by atoms with E-state index in [4.69, 9.17) is 4.74 Å². The lowest BCUT2D eigenvalue weighted by molar-refractivity contribution is 0.0325. The molecule has 0 radical (unpaired) electrons. The number of ether oxygens (including phenoxy) is 1. The molecule has 4 rings (SSSR count). The molecule has 1 amide bonds. The summed E-state index contributed by atoms with van der Waals surface area (Å²) in [4.78, 5) is 19.7. The molecule has 2 aliphatic rings. The van der Waals surface area contributed by atoms with Gasteiger partial charge in [0.1, 0.15) is 6.10 Å². The molecule has 1 N–H and O–H groups in total. The van der Waals surface area contributed by atoms with Crippen LogP contribution >= 0.6 is 0 Å². The standard InChI is InChI=1S/C24H30N2O3/c1-16-10-13-18(29-22-21(24(2,3)28)9-6-14-25-22)15-26(16)23(27)20-8-5-4-7-19(20)17-11-12-17/h4-9,14,16-18,28H,10-13,15H2,1-3H3/t16-,18-/m1/s1. The van der Waals surface area contributed by atoms with Gasteiger partial charge in [-0.3, -0.25) is 4.79 Å². The number of carbonyl (C=O) groups excluding carboxylic acids is 1. The minimum absolute atomic E-state index is 0.0945. The van der Waals surface area contributed by atoms with Gasteiger partial charge in [-0.2, -0.15) is 0 Å². The first-order chi connectivity index (χ1) is 13.8. The lowest BCUT2D eigenvalue weighted by Crippen LogP contribution is -2.49. The van der Waals surface area contributed by atoms with Crippen LogP contribution in [-0.4, -0.2) is 39.6 Å². The first-order valence-corrected chi connectivity index (χ1v) is 10.6. The van der Waals surface area contributed by atoms with Crippen LogP contribution in [0.15, 0.2) is 42.6 Å². The summed E-state index contributed by atoms with van der Waals surface area (Å²) in [6.45, 7) is 6.09. The molecule has 1 aliphatic carbocycles. The smallest absolute Gasteiger partial charge is 0.254 e. The summed E-state index contributed by atoms with van der Waals surface area (Å²) in [5, 5.41) is 10.4. The molecule has 154 valence electrons. The molecule has 2 atom stereocenters. The van der Waals surface area contributed by atoms with E-state index >= 15 is 0 Å². The number of pyridine rings is 1. The van der Waals surface area contributed by atoms with Crippen molar-refractivity contribution >= 4 is 5.91 Å². The average molecular weight is 395 g/mol. The van der Waals surface area contributed by atoms with Gasteiger partial charge in [0, 0.05) is 23.4 Å². The highest BCUT2D eigenvalue weighted by atomic mass is 16.5. The maximum Gasteiger partial charge on any atom is 0.254 e. The summed E-state index contributed by atoms with van der Waals surface area (Å²) < 4.78 is 6.20. The van der Waals surface area contributed by atoms with Crippen LogP contribution in [0.2, 0.25) is 0 Å². The molecule has 0 spiro atoms. The van der Waals surface area contributed by atoms with Crippen molar-refractivity contribution in [2.75, 3.05) is 6.54 Å². The van der Waals surface area contributed by atoms with E-state index in [0.717, 1.165) is 18.4 Å². The Morgan fingerprint density at radius 1 is 1.14 bits per heavy atom. The van der Waals surface area contributed by atoms with Crippen molar-refractivity contribution in [3.05, 3.63) is 59.3 Å². The SMILES string of the molecule is C[C@@H]1CC[C@@H](Oc2ncccc2C(C)(C)O)CN1C(=O)c1ccccc1C1CC1. The van der Waals surface area contributed by atoms with Crippen LogP contribution in [0.1, 0.15) is 73.9 Å². The molecule has 1 aromatic carbocycles. The molecule has 2 heterocycles. The number of benzene rings is 1. The fourth-order valence-corrected chi connectivity index (χ4v) is 4.16. The van der Waals surface area contributed by atoms with Gasteiger partial charge in [0.15, 0.2) is 0 Å². The van der Waals surface area contributed by atoms with E-state index in [1.54, 1.807) is 26.1 Å². The number of amides is 1. The van der Waals surface area contributed by atoms with Crippen LogP contribution in [0.3, 0.4) is 0 Å². The number of likely N-dealkylation sites (tertiary alicyclic amines) is 1. The minimum Gasteiger partial charge on any atom is -0.472 e. The normalized spacial score (nSPS) is 22.4. The third-order valence-corrected chi connectivity index (χ3v) is 6.02. The molecule has 0 bridgehead atoms. The van der Waals surface area contributed by atoms with Gasteiger partial charge >= 0.3 is 0 Å². The van der Waals surface area contributed by atoms with Crippen molar-refractivity contribution in [3.63, 3.8) is 0 Å². The van der Waals surface area contributed by atoms with Gasteiger partial charge in [-0.25, -0.2) is 4.98 Å². The molecular weight excluding hydrogens is 364 g/mol. The van der Waals surface area contributed by atoms with Crippen LogP contribution in [0.4, 0.5) is 0 Å². The Balaban J connectivity index is 1.53. The van der Waals surface area contributed by atoms with Gasteiger partial charge in [-0.05, 0) is 76.1 Å². The highest BCUT2D eigenvalue weighted by Crippen LogP contribution is 2.42. The van der Waals surface area contributed by atoms with Crippen LogP contribution < -0.4 is 4.74 Å². The number of nitrogens with zero attached hydrogens (tertiary/aromatic N) is 2. The highest BCUT2D eigenvalue weighted by molar-refractivity contribution is 5.96. The van der Waals surface area contributed by atoms with E-state index in [-0.39, 0.29) is 18.1 Å². The molecule has 1 aromatic heterocycles. The first kappa shape index (κ1) is 19.9. The van der Waals surface area contributed by atoms with Gasteiger partial charge in [-0.1, -0.05) is 18.2 Å². The predicted molar refractivity (Wildman–Crippen MR) is 112 cm³/mol. The summed E-state index contributed by atoms with van der Waals surface area (Å²) in [5.41, 5.74) is 1.64. The second-order valence-corrected chi connectivity index (χ2v) is 8.90. The molecule has 5 heteroatoms. The molecule has 2 aromatic rings. The fraction of sp³-hybridized carbons (Fsp3) is 0.500. The Bertz CT molecular complexity index is 886. The van der Waals surface area contributed by atoms with E-state index in [1.807, 2.05) is 29.2 Å². The predicted octanol–water partition coefficient (Wildman–Crippen LogP) is 4.26. The Morgan fingerprint density at radius 2 is 1.90 bits per heavy atom. The van der Waals surface area contributed by atoms with Crippen molar-refractivity contribution in [2.24, 2.45) is 0 Å². The molecule has 1 saturated carbocycles. The van der Waals surface area contributed by atoms with Gasteiger partial charge in [0.05, 0.1) is 12.1 Å². The highest BCUT2D eigenvalue weighted by Gasteiger charge is 2.35. The van der Waals surface area contributed by atoms with E-state index in [1.165, 1.54) is 18.4 Å². The van der Waals surface area contributed by atoms with E-state index in [0.29, 0.717) is 23.9 Å². The van der Waals surface area contributed by atoms with Gasteiger partial charge < -0.3 is 14.7 Å². The summed E-state index contributed by atoms with van der Waals surface area (Å²) in [6, 6.07) is 11.8. The van der Waals surface area contributed by atoms with Crippen LogP contribution in [0.25, 0.3) is 0 Å². The zero-order chi connectivity index (χ0) is 20.6. The Hall–Kier alpha value is -2.40. The average Bonchev–Trinajstić information content (AvgIpc) is 3.54. The van der Waals surface area contributed by atoms with Crippen molar-refractivity contribution in [1.82, 2.24) is 9.88 Å². The summed E-state index contributed by atoms with van der Waals surface area (Å²) in [7, 11) is 0. The largest absolute Gasteiger partial charge is 0.472 e. The molecule has 1 saturated heterocycles. The summed E-state index contributed by atoms with van der Waals surface area (Å²) in [6.07, 6.45) is 5.61. The third-order valence-electron chi connectivity index (χ3n) is 6.02. The van der Waals surface area contributed by atoms with Crippen molar-refractivity contribution in [3.8, 4) is 5.88 Å². The number of piperidine rings is 1. The summed E-state index contributed by atoms with van der Waals surface area (Å²) in [5.74, 6) is 1.08. The van der Waals surface area contributed by atoms with E-state index < -0.39 is 5.60 Å². The molecule has 2 fully saturated rings. The number of rotatable bonds is 5. The number of aromatic nitrogens is 1. The van der Waals surface area contributed by atoms with Gasteiger partial charge in [0.2, 0.25) is 5.88 Å². The summed E-state index contributed by atoms with van der Waals surface area (Å²) >= 11 is 0. The third kappa shape index (κ3) is 4.30. The van der Waals surface area contributed by atoms with Crippen molar-refractivity contribution in [2.45, 2.75) is 70.1 Å². The van der Waals surface area contributed by atoms with Gasteiger partial charge in [-0.15, -0.1) is 0 Å². The topological polar surface area (TPSA) is 62.7 Å². The molecular formula is C24H30N2O3. The van der Waals surface area contributed by atoms with Crippen molar-refractivity contribution < 1.29 is 14.6 Å². The second kappa shape index (κ2) is 7.79. The quantitative estimate of drug-likeness (QED) is 0.823. The number of carbonyl (C=O) groups is 1. The van der Waals surface area contributed by atoms with Crippen molar-refractivity contribution in [1.29, 1.82) is 0 Å². The maximum atomic E-state index is 13.4. The molecule has 29 heavy (non-hydrogen) atoms.